The van der Waals surface area contributed by atoms with E-state index in [9.17, 15) is 9.90 Å². The van der Waals surface area contributed by atoms with E-state index >= 15 is 0 Å². The molecule has 0 unspecified atom stereocenters. The fourth-order valence-electron chi connectivity index (χ4n) is 1.92. The third-order valence-electron chi connectivity index (χ3n) is 3.10. The first kappa shape index (κ1) is 16.1. The highest BCUT2D eigenvalue weighted by Crippen LogP contribution is 2.25. The number of phenols is 1. The summed E-state index contributed by atoms with van der Waals surface area (Å²) < 4.78 is 10.9. The number of rotatable bonds is 4. The maximum atomic E-state index is 12.1. The molecule has 0 atom stereocenters. The van der Waals surface area contributed by atoms with Crippen molar-refractivity contribution < 1.29 is 19.4 Å². The molecule has 1 aromatic carbocycles. The van der Waals surface area contributed by atoms with E-state index in [-0.39, 0.29) is 22.8 Å². The zero-order valence-corrected chi connectivity index (χ0v) is 13.3. The van der Waals surface area contributed by atoms with Crippen LogP contribution in [0.15, 0.2) is 18.2 Å². The molecule has 1 heterocycles. The maximum Gasteiger partial charge on any atom is 0.176 e. The Balaban J connectivity index is 1.90. The molecule has 0 saturated carbocycles. The van der Waals surface area contributed by atoms with Crippen LogP contribution in [0.4, 0.5) is 0 Å². The van der Waals surface area contributed by atoms with Crippen molar-refractivity contribution in [3.8, 4) is 11.5 Å². The van der Waals surface area contributed by atoms with Crippen LogP contribution < -0.4 is 4.74 Å². The molecule has 1 N–H and O–H groups in total. The zero-order chi connectivity index (χ0) is 15.2. The Morgan fingerprint density at radius 3 is 2.81 bits per heavy atom. The van der Waals surface area contributed by atoms with Crippen LogP contribution in [0.2, 0.25) is 0 Å². The van der Waals surface area contributed by atoms with Crippen molar-refractivity contribution in [2.24, 2.45) is 0 Å². The lowest BCUT2D eigenvalue weighted by atomic mass is 10.1. The Kier molecular flexibility index (Phi) is 5.84. The van der Waals surface area contributed by atoms with E-state index in [1.165, 1.54) is 24.9 Å². The highest BCUT2D eigenvalue weighted by molar-refractivity contribution is 8.23. The minimum atomic E-state index is -0.157. The largest absolute Gasteiger partial charge is 0.507 e. The minimum Gasteiger partial charge on any atom is -0.507 e. The molecule has 0 aromatic heterocycles. The van der Waals surface area contributed by atoms with Crippen LogP contribution in [-0.4, -0.2) is 59.3 Å². The number of morpholine rings is 1. The molecule has 1 aliphatic rings. The maximum absolute atomic E-state index is 12.1. The second kappa shape index (κ2) is 7.63. The predicted octanol–water partition coefficient (Wildman–Crippen LogP) is 1.93. The first-order chi connectivity index (χ1) is 10.1. The molecule has 1 aromatic rings. The van der Waals surface area contributed by atoms with Crippen molar-refractivity contribution >= 4 is 34.1 Å². The number of methoxy groups -OCH3 is 1. The first-order valence-electron chi connectivity index (χ1n) is 6.51. The Morgan fingerprint density at radius 1 is 1.48 bits per heavy atom. The van der Waals surface area contributed by atoms with E-state index in [0.717, 1.165) is 13.1 Å². The molecule has 2 rings (SSSR count). The van der Waals surface area contributed by atoms with Gasteiger partial charge < -0.3 is 19.5 Å². The topological polar surface area (TPSA) is 59.0 Å². The van der Waals surface area contributed by atoms with Crippen molar-refractivity contribution in [2.75, 3.05) is 39.2 Å². The van der Waals surface area contributed by atoms with Crippen LogP contribution in [0.5, 0.6) is 11.5 Å². The summed E-state index contributed by atoms with van der Waals surface area (Å²) in [6.45, 7) is 2.84. The number of ketones is 1. The Hall–Kier alpha value is -1.31. The number of thiocarbonyl (C=S) groups is 1. The molecule has 0 bridgehead atoms. The Morgan fingerprint density at radius 2 is 2.19 bits per heavy atom. The molecule has 1 aliphatic heterocycles. The van der Waals surface area contributed by atoms with Gasteiger partial charge in [-0.25, -0.2) is 0 Å². The van der Waals surface area contributed by atoms with Gasteiger partial charge in [0.2, 0.25) is 0 Å². The van der Waals surface area contributed by atoms with Gasteiger partial charge in [0.1, 0.15) is 15.8 Å². The fourth-order valence-corrected chi connectivity index (χ4v) is 3.05. The molecule has 0 spiro atoms. The molecule has 1 saturated heterocycles. The molecule has 0 amide bonds. The van der Waals surface area contributed by atoms with Crippen LogP contribution in [0.3, 0.4) is 0 Å². The fraction of sp³-hybridized carbons (Fsp3) is 0.429. The molecule has 114 valence electrons. The summed E-state index contributed by atoms with van der Waals surface area (Å²) in [6, 6.07) is 4.64. The number of hydrogen-bond donors (Lipinski definition) is 1. The number of hydrogen-bond acceptors (Lipinski definition) is 6. The van der Waals surface area contributed by atoms with Crippen LogP contribution in [0, 0.1) is 0 Å². The van der Waals surface area contributed by atoms with Crippen LogP contribution >= 0.6 is 24.0 Å². The monoisotopic (exact) mass is 327 g/mol. The van der Waals surface area contributed by atoms with Crippen LogP contribution in [0.25, 0.3) is 0 Å². The first-order valence-corrected chi connectivity index (χ1v) is 7.91. The number of ether oxygens (including phenoxy) is 2. The van der Waals surface area contributed by atoms with E-state index in [0.29, 0.717) is 23.3 Å². The van der Waals surface area contributed by atoms with E-state index in [2.05, 4.69) is 0 Å². The standard InChI is InChI=1S/C14H17NO4S2/c1-18-10-2-3-11(12(16)8-10)13(17)9-21-14(20)15-4-6-19-7-5-15/h2-3,8,16H,4-7,9H2,1H3. The van der Waals surface area contributed by atoms with Crippen molar-refractivity contribution in [1.29, 1.82) is 0 Å². The Bertz CT molecular complexity index is 530. The lowest BCUT2D eigenvalue weighted by molar-refractivity contribution is 0.0702. The number of Topliss-reactive ketones (excluding diaryl/α,β-unsaturated/α-hetero) is 1. The zero-order valence-electron chi connectivity index (χ0n) is 11.7. The van der Waals surface area contributed by atoms with Gasteiger partial charge in [-0.2, -0.15) is 0 Å². The highest BCUT2D eigenvalue weighted by Gasteiger charge is 2.17. The average Bonchev–Trinajstić information content (AvgIpc) is 2.52. The Labute approximate surface area is 133 Å². The highest BCUT2D eigenvalue weighted by atomic mass is 32.2. The third kappa shape index (κ3) is 4.33. The summed E-state index contributed by atoms with van der Waals surface area (Å²) in [7, 11) is 1.51. The van der Waals surface area contributed by atoms with Gasteiger partial charge >= 0.3 is 0 Å². The van der Waals surface area contributed by atoms with Gasteiger partial charge in [0.05, 0.1) is 31.6 Å². The second-order valence-corrected chi connectivity index (χ2v) is 6.07. The lowest BCUT2D eigenvalue weighted by Gasteiger charge is -2.28. The molecule has 21 heavy (non-hydrogen) atoms. The van der Waals surface area contributed by atoms with Crippen molar-refractivity contribution in [3.63, 3.8) is 0 Å². The van der Waals surface area contributed by atoms with Crippen molar-refractivity contribution in [2.45, 2.75) is 0 Å². The van der Waals surface area contributed by atoms with E-state index in [4.69, 9.17) is 21.7 Å². The van der Waals surface area contributed by atoms with E-state index in [1.807, 2.05) is 4.90 Å². The minimum absolute atomic E-state index is 0.0720. The van der Waals surface area contributed by atoms with E-state index in [1.54, 1.807) is 12.1 Å². The second-order valence-electron chi connectivity index (χ2n) is 4.46. The van der Waals surface area contributed by atoms with Gasteiger partial charge in [0.15, 0.2) is 5.78 Å². The molecular formula is C14H17NO4S2. The van der Waals surface area contributed by atoms with Crippen molar-refractivity contribution in [3.05, 3.63) is 23.8 Å². The third-order valence-corrected chi connectivity index (χ3v) is 4.62. The number of thioether (sulfide) groups is 1. The molecular weight excluding hydrogens is 310 g/mol. The molecule has 5 nitrogen and oxygen atoms in total. The van der Waals surface area contributed by atoms with Gasteiger partial charge in [-0.3, -0.25) is 4.79 Å². The van der Waals surface area contributed by atoms with Gasteiger partial charge in [0, 0.05) is 19.2 Å². The quantitative estimate of drug-likeness (QED) is 0.670. The summed E-state index contributed by atoms with van der Waals surface area (Å²) in [5.74, 6) is 0.490. The molecule has 0 radical (unpaired) electrons. The van der Waals surface area contributed by atoms with E-state index < -0.39 is 0 Å². The van der Waals surface area contributed by atoms with Gasteiger partial charge in [-0.05, 0) is 12.1 Å². The normalized spacial score (nSPS) is 14.8. The lowest BCUT2D eigenvalue weighted by Crippen LogP contribution is -2.38. The summed E-state index contributed by atoms with van der Waals surface area (Å²) >= 11 is 6.63. The predicted molar refractivity (Wildman–Crippen MR) is 86.4 cm³/mol. The number of carbonyl (C=O) groups is 1. The molecule has 7 heteroatoms. The number of phenolic OH excluding ortho intramolecular Hbond substituents is 1. The number of aromatic hydroxyl groups is 1. The summed E-state index contributed by atoms with van der Waals surface area (Å²) in [5, 5.41) is 9.84. The van der Waals surface area contributed by atoms with Crippen LogP contribution in [0.1, 0.15) is 10.4 Å². The molecule has 0 aliphatic carbocycles. The van der Waals surface area contributed by atoms with Gasteiger partial charge in [0.25, 0.3) is 0 Å². The average molecular weight is 327 g/mol. The number of nitrogens with zero attached hydrogens (tertiary/aromatic N) is 1. The summed E-state index contributed by atoms with van der Waals surface area (Å²) in [4.78, 5) is 14.2. The molecule has 1 fully saturated rings. The SMILES string of the molecule is COc1ccc(C(=O)CSC(=S)N2CCOCC2)c(O)c1. The van der Waals surface area contributed by atoms with Gasteiger partial charge in [-0.1, -0.05) is 24.0 Å². The van der Waals surface area contributed by atoms with Crippen molar-refractivity contribution in [1.82, 2.24) is 4.90 Å². The van der Waals surface area contributed by atoms with Crippen LogP contribution in [-0.2, 0) is 4.74 Å². The number of carbonyl (C=O) groups excluding carboxylic acids is 1. The smallest absolute Gasteiger partial charge is 0.176 e. The number of benzene rings is 1. The van der Waals surface area contributed by atoms with Gasteiger partial charge in [-0.15, -0.1) is 0 Å². The summed E-state index contributed by atoms with van der Waals surface area (Å²) in [5.41, 5.74) is 0.285. The summed E-state index contributed by atoms with van der Waals surface area (Å²) in [6.07, 6.45) is 0.